The molecule has 0 saturated heterocycles. The van der Waals surface area contributed by atoms with Gasteiger partial charge in [0.1, 0.15) is 0 Å². The summed E-state index contributed by atoms with van der Waals surface area (Å²) in [6.45, 7) is 4.36. The van der Waals surface area contributed by atoms with Gasteiger partial charge in [-0.1, -0.05) is 142 Å². The molecule has 0 bridgehead atoms. The van der Waals surface area contributed by atoms with Crippen molar-refractivity contribution in [2.24, 2.45) is 5.92 Å². The monoisotopic (exact) mass is 560 g/mol. The van der Waals surface area contributed by atoms with Gasteiger partial charge >= 0.3 is 35.0 Å². The van der Waals surface area contributed by atoms with Crippen molar-refractivity contribution in [3.05, 3.63) is 0 Å². The first kappa shape index (κ1) is 38.8. The van der Waals surface area contributed by atoms with Crippen LogP contribution < -0.4 is 0 Å². The summed E-state index contributed by atoms with van der Waals surface area (Å²) in [6.07, 6.45) is 19.7. The van der Waals surface area contributed by atoms with Gasteiger partial charge in [0.05, 0.1) is 5.92 Å². The Morgan fingerprint density at radius 3 is 1.24 bits per heavy atom. The van der Waals surface area contributed by atoms with Gasteiger partial charge < -0.3 is 10.2 Å². The standard InChI is InChI=1S/C28H54O7S.Mg.2H/c1-3-5-7-9-11-13-15-17-19-21-23-25(26(29)30)28(27(31)32,36(33,34)35)24-22-20-18-16-14-12-10-8-6-4-2;;;/h25H,3-24H2,1-2H3,(H,29,30)(H,31,32)(H,33,34,35);;;. The van der Waals surface area contributed by atoms with Crippen LogP contribution in [0.15, 0.2) is 0 Å². The van der Waals surface area contributed by atoms with Crippen LogP contribution in [0.3, 0.4) is 0 Å². The number of hydrogen-bond donors (Lipinski definition) is 3. The van der Waals surface area contributed by atoms with Crippen LogP contribution >= 0.6 is 0 Å². The summed E-state index contributed by atoms with van der Waals surface area (Å²) in [4.78, 5) is 24.2. The first-order chi connectivity index (χ1) is 17.1. The number of aliphatic carboxylic acids is 2. The molecule has 7 nitrogen and oxygen atoms in total. The second kappa shape index (κ2) is 23.5. The van der Waals surface area contributed by atoms with Gasteiger partial charge in [-0.05, 0) is 12.8 Å². The van der Waals surface area contributed by atoms with E-state index < -0.39 is 32.7 Å². The lowest BCUT2D eigenvalue weighted by Gasteiger charge is -2.32. The van der Waals surface area contributed by atoms with Crippen molar-refractivity contribution in [2.75, 3.05) is 0 Å². The molecule has 37 heavy (non-hydrogen) atoms. The molecule has 0 spiro atoms. The number of unbranched alkanes of at least 4 members (excludes halogenated alkanes) is 18. The predicted octanol–water partition coefficient (Wildman–Crippen LogP) is 7.10. The molecular weight excluding hydrogens is 505 g/mol. The Hall–Kier alpha value is -0.384. The van der Waals surface area contributed by atoms with Gasteiger partial charge in [0, 0.05) is 0 Å². The molecule has 0 aliphatic heterocycles. The highest BCUT2D eigenvalue weighted by molar-refractivity contribution is 7.88. The van der Waals surface area contributed by atoms with E-state index in [1.807, 2.05) is 0 Å². The molecule has 0 heterocycles. The highest BCUT2D eigenvalue weighted by Crippen LogP contribution is 2.37. The normalized spacial score (nSPS) is 14.0. The second-order valence-corrected chi connectivity index (χ2v) is 12.1. The number of carbonyl (C=O) groups is 2. The Kier molecular flexibility index (Phi) is 24.6. The Balaban J connectivity index is 0. The first-order valence-electron chi connectivity index (χ1n) is 14.6. The third-order valence-electron chi connectivity index (χ3n) is 7.43. The van der Waals surface area contributed by atoms with E-state index in [0.717, 1.165) is 51.4 Å². The van der Waals surface area contributed by atoms with Crippen LogP contribution in [0.1, 0.15) is 155 Å². The van der Waals surface area contributed by atoms with Gasteiger partial charge in [0.2, 0.25) is 4.75 Å². The number of carboxylic acid groups (broad SMARTS) is 2. The molecule has 0 aliphatic carbocycles. The van der Waals surface area contributed by atoms with Crippen molar-refractivity contribution in [3.8, 4) is 0 Å². The van der Waals surface area contributed by atoms with E-state index in [0.29, 0.717) is 12.8 Å². The summed E-state index contributed by atoms with van der Waals surface area (Å²) in [7, 11) is -5.12. The van der Waals surface area contributed by atoms with Crippen LogP contribution in [0.5, 0.6) is 0 Å². The highest BCUT2D eigenvalue weighted by Gasteiger charge is 2.58. The first-order valence-corrected chi connectivity index (χ1v) is 16.0. The van der Waals surface area contributed by atoms with Gasteiger partial charge in [0.15, 0.2) is 0 Å². The van der Waals surface area contributed by atoms with Crippen LogP contribution in [-0.2, 0) is 19.7 Å². The lowest BCUT2D eigenvalue weighted by atomic mass is 9.82. The summed E-state index contributed by atoms with van der Waals surface area (Å²) in [5.41, 5.74) is 0. The highest BCUT2D eigenvalue weighted by atomic mass is 32.2. The fraction of sp³-hybridized carbons (Fsp3) is 0.929. The van der Waals surface area contributed by atoms with Crippen molar-refractivity contribution in [3.63, 3.8) is 0 Å². The Labute approximate surface area is 242 Å². The molecule has 0 aromatic heterocycles. The molecule has 218 valence electrons. The lowest BCUT2D eigenvalue weighted by Crippen LogP contribution is -2.55. The Bertz CT molecular complexity index is 684. The van der Waals surface area contributed by atoms with E-state index in [-0.39, 0.29) is 42.3 Å². The average molecular weight is 561 g/mol. The quantitative estimate of drug-likeness (QED) is 0.0584. The number of hydrogen-bond acceptors (Lipinski definition) is 4. The fourth-order valence-electron chi connectivity index (χ4n) is 5.12. The summed E-state index contributed by atoms with van der Waals surface area (Å²) in [6, 6.07) is 0. The SMILES string of the molecule is CCCCCCCCCCCCC(C(=O)O)C(CCCCCCCCCCCC)(C(=O)O)S(=O)(=O)O.[MgH2]. The van der Waals surface area contributed by atoms with Crippen LogP contribution in [-0.4, -0.2) is 62.9 Å². The minimum atomic E-state index is -5.12. The molecule has 0 radical (unpaired) electrons. The van der Waals surface area contributed by atoms with E-state index in [1.165, 1.54) is 57.8 Å². The van der Waals surface area contributed by atoms with Crippen molar-refractivity contribution >= 4 is 45.1 Å². The molecule has 0 rings (SSSR count). The van der Waals surface area contributed by atoms with Crippen molar-refractivity contribution in [2.45, 2.75) is 160 Å². The Morgan fingerprint density at radius 1 is 0.622 bits per heavy atom. The third kappa shape index (κ3) is 16.3. The van der Waals surface area contributed by atoms with E-state index in [2.05, 4.69) is 13.8 Å². The maximum atomic E-state index is 12.3. The molecule has 9 heteroatoms. The van der Waals surface area contributed by atoms with Crippen molar-refractivity contribution in [1.82, 2.24) is 0 Å². The van der Waals surface area contributed by atoms with Crippen LogP contribution in [0.25, 0.3) is 0 Å². The van der Waals surface area contributed by atoms with Crippen LogP contribution in [0.2, 0.25) is 0 Å². The van der Waals surface area contributed by atoms with Gasteiger partial charge in [-0.2, -0.15) is 8.42 Å². The summed E-state index contributed by atoms with van der Waals surface area (Å²) in [5.74, 6) is -4.91. The van der Waals surface area contributed by atoms with Gasteiger partial charge in [-0.25, -0.2) is 0 Å². The molecule has 0 aliphatic rings. The molecule has 0 aromatic carbocycles. The van der Waals surface area contributed by atoms with Crippen molar-refractivity contribution in [1.29, 1.82) is 0 Å². The third-order valence-corrected chi connectivity index (χ3v) is 9.02. The fourth-order valence-corrected chi connectivity index (χ4v) is 6.32. The zero-order valence-corrected chi connectivity index (χ0v) is 23.8. The molecule has 2 unspecified atom stereocenters. The summed E-state index contributed by atoms with van der Waals surface area (Å²) in [5, 5.41) is 19.7. The van der Waals surface area contributed by atoms with E-state index in [9.17, 15) is 32.8 Å². The Morgan fingerprint density at radius 2 is 0.946 bits per heavy atom. The summed E-state index contributed by atoms with van der Waals surface area (Å²) >= 11 is 0. The minimum absolute atomic E-state index is 0. The largest absolute Gasteiger partial charge is 0.481 e. The molecule has 0 fully saturated rings. The summed E-state index contributed by atoms with van der Waals surface area (Å²) < 4.78 is 31.9. The van der Waals surface area contributed by atoms with Gasteiger partial charge in [0.25, 0.3) is 10.1 Å². The van der Waals surface area contributed by atoms with Gasteiger partial charge in [-0.3, -0.25) is 14.1 Å². The molecular formula is C28H56MgO7S. The maximum Gasteiger partial charge on any atom is 0.328 e. The maximum absolute atomic E-state index is 12.3. The zero-order valence-electron chi connectivity index (χ0n) is 23.0. The predicted molar refractivity (Wildman–Crippen MR) is 155 cm³/mol. The van der Waals surface area contributed by atoms with E-state index >= 15 is 0 Å². The minimum Gasteiger partial charge on any atom is -0.481 e. The topological polar surface area (TPSA) is 129 Å². The molecule has 0 aromatic rings. The van der Waals surface area contributed by atoms with Gasteiger partial charge in [-0.15, -0.1) is 0 Å². The van der Waals surface area contributed by atoms with Crippen molar-refractivity contribution < 1.29 is 32.8 Å². The molecule has 3 N–H and O–H groups in total. The molecule has 2 atom stereocenters. The van der Waals surface area contributed by atoms with Crippen LogP contribution in [0.4, 0.5) is 0 Å². The second-order valence-electron chi connectivity index (χ2n) is 10.5. The molecule has 0 amide bonds. The smallest absolute Gasteiger partial charge is 0.328 e. The zero-order chi connectivity index (χ0) is 27.3. The lowest BCUT2D eigenvalue weighted by molar-refractivity contribution is -0.152. The number of carboxylic acids is 2. The molecule has 0 saturated carbocycles. The van der Waals surface area contributed by atoms with Crippen LogP contribution in [0, 0.1) is 5.92 Å². The van der Waals surface area contributed by atoms with E-state index in [1.54, 1.807) is 0 Å². The van der Waals surface area contributed by atoms with E-state index in [4.69, 9.17) is 0 Å². The number of rotatable bonds is 26. The average Bonchev–Trinajstić information content (AvgIpc) is 2.80.